The summed E-state index contributed by atoms with van der Waals surface area (Å²) in [6.07, 6.45) is 2.23. The monoisotopic (exact) mass is 361 g/mol. The molecule has 0 radical (unpaired) electrons. The van der Waals surface area contributed by atoms with Gasteiger partial charge in [-0.3, -0.25) is 14.6 Å². The quantitative estimate of drug-likeness (QED) is 0.824. The largest absolute Gasteiger partial charge is 0.341 e. The number of thioether (sulfide) groups is 1. The highest BCUT2D eigenvalue weighted by Crippen LogP contribution is 2.27. The average molecular weight is 362 g/mol. The molecule has 0 N–H and O–H groups in total. The Labute approximate surface area is 156 Å². The van der Waals surface area contributed by atoms with Gasteiger partial charge >= 0.3 is 0 Å². The van der Waals surface area contributed by atoms with Crippen LogP contribution < -0.4 is 0 Å². The summed E-state index contributed by atoms with van der Waals surface area (Å²) in [5.41, 5.74) is 2.32. The summed E-state index contributed by atoms with van der Waals surface area (Å²) < 4.78 is 0. The molecule has 1 aromatic carbocycles. The predicted molar refractivity (Wildman–Crippen MR) is 106 cm³/mol. The van der Waals surface area contributed by atoms with Gasteiger partial charge in [0.1, 0.15) is 6.04 Å². The molecular weight excluding hydrogens is 330 g/mol. The highest BCUT2D eigenvalue weighted by Gasteiger charge is 2.33. The first-order valence-corrected chi connectivity index (χ1v) is 10.6. The minimum atomic E-state index is -0.177. The molecule has 2 fully saturated rings. The van der Waals surface area contributed by atoms with Crippen molar-refractivity contribution in [1.82, 2.24) is 14.7 Å². The lowest BCUT2D eigenvalue weighted by Gasteiger charge is -2.41. The van der Waals surface area contributed by atoms with Crippen LogP contribution in [0.2, 0.25) is 0 Å². The summed E-state index contributed by atoms with van der Waals surface area (Å²) in [5, 5.41) is 0. The van der Waals surface area contributed by atoms with E-state index in [1.54, 1.807) is 0 Å². The molecular formula is C20H31N3OS. The molecule has 2 aliphatic heterocycles. The number of likely N-dealkylation sites (tertiary alicyclic amines) is 1. The maximum absolute atomic E-state index is 13.2. The summed E-state index contributed by atoms with van der Waals surface area (Å²) in [5.74, 6) is 2.77. The van der Waals surface area contributed by atoms with Crippen LogP contribution in [-0.4, -0.2) is 78.4 Å². The summed E-state index contributed by atoms with van der Waals surface area (Å²) in [6, 6.07) is 8.76. The van der Waals surface area contributed by atoms with E-state index < -0.39 is 0 Å². The number of rotatable bonds is 4. The highest BCUT2D eigenvalue weighted by molar-refractivity contribution is 7.99. The van der Waals surface area contributed by atoms with Crippen molar-refractivity contribution in [3.8, 4) is 0 Å². The minimum absolute atomic E-state index is 0.177. The standard InChI is InChI=1S/C20H31N3OS/c1-16-6-4-5-7-18(16)19(21(2)3)20(24)23-10-8-17(9-11-23)22-12-14-25-15-13-22/h4-7,17,19H,8-15H2,1-3H3. The lowest BCUT2D eigenvalue weighted by atomic mass is 9.97. The van der Waals surface area contributed by atoms with Crippen LogP contribution in [-0.2, 0) is 4.79 Å². The van der Waals surface area contributed by atoms with E-state index in [0.29, 0.717) is 6.04 Å². The molecule has 5 heteroatoms. The van der Waals surface area contributed by atoms with Crippen molar-refractivity contribution in [1.29, 1.82) is 0 Å². The van der Waals surface area contributed by atoms with Crippen molar-refractivity contribution >= 4 is 17.7 Å². The van der Waals surface area contributed by atoms with Crippen LogP contribution in [0.4, 0.5) is 0 Å². The molecule has 138 valence electrons. The van der Waals surface area contributed by atoms with Gasteiger partial charge in [-0.2, -0.15) is 11.8 Å². The number of piperidine rings is 1. The van der Waals surface area contributed by atoms with Gasteiger partial charge in [0.05, 0.1) is 0 Å². The van der Waals surface area contributed by atoms with E-state index in [-0.39, 0.29) is 11.9 Å². The molecule has 1 aromatic rings. The second-order valence-electron chi connectivity index (χ2n) is 7.43. The topological polar surface area (TPSA) is 26.8 Å². The number of hydrogen-bond donors (Lipinski definition) is 0. The Balaban J connectivity index is 1.65. The third-order valence-corrected chi connectivity index (χ3v) is 6.51. The lowest BCUT2D eigenvalue weighted by molar-refractivity contribution is -0.138. The summed E-state index contributed by atoms with van der Waals surface area (Å²) >= 11 is 2.06. The van der Waals surface area contributed by atoms with Gasteiger partial charge in [-0.15, -0.1) is 0 Å². The van der Waals surface area contributed by atoms with Crippen LogP contribution in [0.25, 0.3) is 0 Å². The van der Waals surface area contributed by atoms with Gasteiger partial charge < -0.3 is 4.90 Å². The number of carbonyl (C=O) groups is 1. The number of aryl methyl sites for hydroxylation is 1. The molecule has 0 aliphatic carbocycles. The van der Waals surface area contributed by atoms with Crippen LogP contribution in [0, 0.1) is 6.92 Å². The molecule has 2 saturated heterocycles. The SMILES string of the molecule is Cc1ccccc1C(C(=O)N1CCC(N2CCSCC2)CC1)N(C)C. The van der Waals surface area contributed by atoms with Crippen molar-refractivity contribution in [3.05, 3.63) is 35.4 Å². The number of benzene rings is 1. The molecule has 3 rings (SSSR count). The normalized spacial score (nSPS) is 21.5. The Hall–Kier alpha value is -1.04. The van der Waals surface area contributed by atoms with Gasteiger partial charge in [0.15, 0.2) is 0 Å². The van der Waals surface area contributed by atoms with Crippen LogP contribution in [0.15, 0.2) is 24.3 Å². The Morgan fingerprint density at radius 2 is 1.76 bits per heavy atom. The molecule has 0 saturated carbocycles. The Bertz CT molecular complexity index is 578. The third kappa shape index (κ3) is 4.39. The highest BCUT2D eigenvalue weighted by atomic mass is 32.2. The fraction of sp³-hybridized carbons (Fsp3) is 0.650. The molecule has 25 heavy (non-hydrogen) atoms. The predicted octanol–water partition coefficient (Wildman–Crippen LogP) is 2.64. The van der Waals surface area contributed by atoms with E-state index in [1.807, 2.05) is 26.2 Å². The van der Waals surface area contributed by atoms with E-state index in [1.165, 1.54) is 30.2 Å². The molecule has 2 heterocycles. The Morgan fingerprint density at radius 1 is 1.12 bits per heavy atom. The number of hydrogen-bond acceptors (Lipinski definition) is 4. The fourth-order valence-electron chi connectivity index (χ4n) is 4.09. The smallest absolute Gasteiger partial charge is 0.244 e. The summed E-state index contributed by atoms with van der Waals surface area (Å²) in [4.78, 5) is 20.0. The van der Waals surface area contributed by atoms with Crippen molar-refractivity contribution in [2.24, 2.45) is 0 Å². The van der Waals surface area contributed by atoms with Crippen molar-refractivity contribution in [3.63, 3.8) is 0 Å². The Kier molecular flexibility index (Phi) is 6.42. The first-order chi connectivity index (χ1) is 12.1. The molecule has 0 aromatic heterocycles. The zero-order valence-corrected chi connectivity index (χ0v) is 16.6. The summed E-state index contributed by atoms with van der Waals surface area (Å²) in [6.45, 7) is 6.31. The molecule has 2 aliphatic rings. The number of amides is 1. The molecule has 1 amide bonds. The third-order valence-electron chi connectivity index (χ3n) is 5.57. The van der Waals surface area contributed by atoms with Crippen molar-refractivity contribution < 1.29 is 4.79 Å². The second kappa shape index (κ2) is 8.56. The van der Waals surface area contributed by atoms with E-state index in [9.17, 15) is 4.79 Å². The molecule has 1 unspecified atom stereocenters. The van der Waals surface area contributed by atoms with E-state index >= 15 is 0 Å². The van der Waals surface area contributed by atoms with Crippen LogP contribution in [0.3, 0.4) is 0 Å². The van der Waals surface area contributed by atoms with Crippen LogP contribution in [0.1, 0.15) is 30.0 Å². The van der Waals surface area contributed by atoms with Gasteiger partial charge in [0, 0.05) is 43.7 Å². The Morgan fingerprint density at radius 3 is 2.36 bits per heavy atom. The first kappa shape index (κ1) is 18.7. The van der Waals surface area contributed by atoms with Crippen molar-refractivity contribution in [2.75, 3.05) is 51.8 Å². The maximum atomic E-state index is 13.2. The average Bonchev–Trinajstić information content (AvgIpc) is 2.64. The zero-order chi connectivity index (χ0) is 17.8. The minimum Gasteiger partial charge on any atom is -0.341 e. The van der Waals surface area contributed by atoms with E-state index in [4.69, 9.17) is 0 Å². The van der Waals surface area contributed by atoms with E-state index in [2.05, 4.69) is 45.5 Å². The zero-order valence-electron chi connectivity index (χ0n) is 15.8. The van der Waals surface area contributed by atoms with Crippen molar-refractivity contribution in [2.45, 2.75) is 31.8 Å². The fourth-order valence-corrected chi connectivity index (χ4v) is 5.02. The van der Waals surface area contributed by atoms with Gasteiger partial charge in [-0.1, -0.05) is 24.3 Å². The summed E-state index contributed by atoms with van der Waals surface area (Å²) in [7, 11) is 4.01. The van der Waals surface area contributed by atoms with Gasteiger partial charge in [0.2, 0.25) is 5.91 Å². The maximum Gasteiger partial charge on any atom is 0.244 e. The number of carbonyl (C=O) groups excluding carboxylic acids is 1. The van der Waals surface area contributed by atoms with Gasteiger partial charge in [-0.25, -0.2) is 0 Å². The molecule has 4 nitrogen and oxygen atoms in total. The number of nitrogens with zero attached hydrogens (tertiary/aromatic N) is 3. The van der Waals surface area contributed by atoms with Crippen LogP contribution in [0.5, 0.6) is 0 Å². The van der Waals surface area contributed by atoms with Gasteiger partial charge in [0.25, 0.3) is 0 Å². The molecule has 0 spiro atoms. The molecule has 0 bridgehead atoms. The number of likely N-dealkylation sites (N-methyl/N-ethyl adjacent to an activating group) is 1. The second-order valence-corrected chi connectivity index (χ2v) is 8.65. The van der Waals surface area contributed by atoms with Crippen LogP contribution >= 0.6 is 11.8 Å². The van der Waals surface area contributed by atoms with Gasteiger partial charge in [-0.05, 0) is 45.0 Å². The lowest BCUT2D eigenvalue weighted by Crippen LogP contribution is -2.51. The first-order valence-electron chi connectivity index (χ1n) is 9.40. The van der Waals surface area contributed by atoms with E-state index in [0.717, 1.165) is 31.5 Å². The molecule has 1 atom stereocenters.